The van der Waals surface area contributed by atoms with Crippen molar-refractivity contribution in [2.75, 3.05) is 0 Å². The van der Waals surface area contributed by atoms with Gasteiger partial charge in [-0.3, -0.25) is 0 Å². The second-order valence-electron chi connectivity index (χ2n) is 6.34. The van der Waals surface area contributed by atoms with Crippen LogP contribution in [0.15, 0.2) is 117 Å². The van der Waals surface area contributed by atoms with Gasteiger partial charge in [-0.2, -0.15) is 13.2 Å². The molecule has 0 aliphatic carbocycles. The zero-order valence-electron chi connectivity index (χ0n) is 16.8. The quantitative estimate of drug-likeness (QED) is 0.171. The van der Waals surface area contributed by atoms with E-state index in [2.05, 4.69) is 84.9 Å². The lowest BCUT2D eigenvalue weighted by molar-refractivity contribution is -0.0517. The highest BCUT2D eigenvalue weighted by atomic mass is 32.2. The number of rotatable bonds is 5. The average molecular weight is 511 g/mol. The molecule has 0 atom stereocenters. The molecule has 10 heteroatoms. The summed E-state index contributed by atoms with van der Waals surface area (Å²) in [6, 6.07) is 33.8. The van der Waals surface area contributed by atoms with Gasteiger partial charge in [0.2, 0.25) is 0 Å². The monoisotopic (exact) mass is 510 g/mol. The van der Waals surface area contributed by atoms with Crippen molar-refractivity contribution in [3.8, 4) is 10.8 Å². The Morgan fingerprint density at radius 1 is 0.727 bits per heavy atom. The van der Waals surface area contributed by atoms with Gasteiger partial charge in [0.25, 0.3) is 0 Å². The smallest absolute Gasteiger partial charge is 0.485 e. The van der Waals surface area contributed by atoms with Crippen LogP contribution in [-0.4, -0.2) is 18.5 Å². The Hall–Kier alpha value is -2.79. The van der Waals surface area contributed by atoms with E-state index in [9.17, 15) is 13.2 Å². The molecule has 0 unspecified atom stereocenters. The Balaban J connectivity index is 0.000000331. The molecule has 0 aliphatic heterocycles. The summed E-state index contributed by atoms with van der Waals surface area (Å²) in [6.45, 7) is 0. The van der Waals surface area contributed by atoms with Crippen LogP contribution < -0.4 is 4.74 Å². The van der Waals surface area contributed by atoms with Gasteiger partial charge >= 0.3 is 5.51 Å². The summed E-state index contributed by atoms with van der Waals surface area (Å²) < 4.78 is 64.8. The number of alkyl halides is 3. The lowest BCUT2D eigenvalue weighted by Gasteiger charge is -2.09. The molecule has 4 rings (SSSR count). The minimum atomic E-state index is -6.09. The molecular formula is C23H17F3O4S3. The fourth-order valence-corrected chi connectivity index (χ4v) is 5.28. The van der Waals surface area contributed by atoms with Crippen molar-refractivity contribution in [3.05, 3.63) is 102 Å². The van der Waals surface area contributed by atoms with Gasteiger partial charge in [0.1, 0.15) is 5.75 Å². The van der Waals surface area contributed by atoms with Crippen LogP contribution in [0.5, 0.6) is 10.8 Å². The Bertz CT molecular complexity index is 1190. The molecule has 172 valence electrons. The van der Waals surface area contributed by atoms with Crippen molar-refractivity contribution in [2.24, 2.45) is 0 Å². The third-order valence-electron chi connectivity index (χ3n) is 4.01. The fraction of sp³-hybridized carbons (Fsp3) is 0.0435. The normalized spacial score (nSPS) is 11.5. The van der Waals surface area contributed by atoms with Crippen LogP contribution in [0.25, 0.3) is 0 Å². The molecule has 0 saturated heterocycles. The topological polar surface area (TPSA) is 66.4 Å². The molecule has 4 aromatic rings. The fourth-order valence-electron chi connectivity index (χ4n) is 2.60. The van der Waals surface area contributed by atoms with Crippen molar-refractivity contribution in [3.63, 3.8) is 0 Å². The number of thiophene rings is 1. The first-order valence-electron chi connectivity index (χ1n) is 9.33. The van der Waals surface area contributed by atoms with Crippen molar-refractivity contribution in [1.82, 2.24) is 0 Å². The Labute approximate surface area is 196 Å². The van der Waals surface area contributed by atoms with Gasteiger partial charge in [0, 0.05) is 0 Å². The van der Waals surface area contributed by atoms with Crippen LogP contribution in [-0.2, 0) is 21.0 Å². The number of hydrogen-bond donors (Lipinski definition) is 0. The lowest BCUT2D eigenvalue weighted by Crippen LogP contribution is -2.21. The molecule has 4 nitrogen and oxygen atoms in total. The maximum atomic E-state index is 10.7. The average Bonchev–Trinajstić information content (AvgIpc) is 3.29. The van der Waals surface area contributed by atoms with Gasteiger partial charge in [-0.05, 0) is 66.0 Å². The predicted octanol–water partition coefficient (Wildman–Crippen LogP) is 6.69. The summed E-state index contributed by atoms with van der Waals surface area (Å²) in [5.74, 6) is 0.871. The molecular weight excluding hydrogens is 493 g/mol. The van der Waals surface area contributed by atoms with Gasteiger partial charge in [-0.25, -0.2) is 8.42 Å². The van der Waals surface area contributed by atoms with Crippen LogP contribution in [0.1, 0.15) is 0 Å². The molecule has 0 spiro atoms. The standard InChI is InChI=1S/C22H17OS2.CHF3O3S/c1-3-8-19(9-4-1)25(20-10-5-2-6-11-20)21-15-13-18(14-16-21)23-22-12-7-17-24-22;2-1(3,4)8(5,6)7/h1-17H;(H,5,6,7)/q+1;/p-1. The van der Waals surface area contributed by atoms with Gasteiger partial charge in [0.05, 0.1) is 10.9 Å². The molecule has 0 N–H and O–H groups in total. The first-order chi connectivity index (χ1) is 15.6. The van der Waals surface area contributed by atoms with Gasteiger partial charge in [0.15, 0.2) is 29.9 Å². The molecule has 3 aromatic carbocycles. The lowest BCUT2D eigenvalue weighted by atomic mass is 10.3. The van der Waals surface area contributed by atoms with E-state index in [0.29, 0.717) is 0 Å². The largest absolute Gasteiger partial charge is 0.741 e. The Morgan fingerprint density at radius 2 is 1.18 bits per heavy atom. The van der Waals surface area contributed by atoms with Crippen molar-refractivity contribution in [1.29, 1.82) is 0 Å². The maximum absolute atomic E-state index is 10.7. The molecule has 0 aliphatic rings. The van der Waals surface area contributed by atoms with E-state index >= 15 is 0 Å². The second kappa shape index (κ2) is 10.9. The zero-order valence-corrected chi connectivity index (χ0v) is 19.3. The Kier molecular flexibility index (Phi) is 8.20. The van der Waals surface area contributed by atoms with Gasteiger partial charge < -0.3 is 9.29 Å². The highest BCUT2D eigenvalue weighted by Gasteiger charge is 2.37. The van der Waals surface area contributed by atoms with Crippen LogP contribution in [0.2, 0.25) is 0 Å². The van der Waals surface area contributed by atoms with E-state index in [1.165, 1.54) is 14.7 Å². The molecule has 0 amide bonds. The van der Waals surface area contributed by atoms with Crippen molar-refractivity contribution in [2.45, 2.75) is 20.2 Å². The SMILES string of the molecule is O=S(=O)([O-])C(F)(F)F.c1ccc([S+](c2ccccc2)c2ccc(Oc3cccs3)cc2)cc1. The minimum absolute atomic E-state index is 0.115. The van der Waals surface area contributed by atoms with E-state index in [4.69, 9.17) is 17.7 Å². The number of hydrogen-bond acceptors (Lipinski definition) is 5. The van der Waals surface area contributed by atoms with Gasteiger partial charge in [-0.15, -0.1) is 11.3 Å². The summed E-state index contributed by atoms with van der Waals surface area (Å²) in [7, 11) is -6.20. The van der Waals surface area contributed by atoms with Crippen LogP contribution in [0.4, 0.5) is 13.2 Å². The van der Waals surface area contributed by atoms with E-state index in [1.807, 2.05) is 17.5 Å². The van der Waals surface area contributed by atoms with Gasteiger partial charge in [-0.1, -0.05) is 36.4 Å². The first kappa shape index (κ1) is 24.8. The second-order valence-corrected chi connectivity index (χ2v) is 10.6. The summed E-state index contributed by atoms with van der Waals surface area (Å²) in [5.41, 5.74) is -5.65. The predicted molar refractivity (Wildman–Crippen MR) is 122 cm³/mol. The summed E-state index contributed by atoms with van der Waals surface area (Å²) >= 11 is 1.60. The van der Waals surface area contributed by atoms with Crippen LogP contribution in [0, 0.1) is 0 Å². The molecule has 0 saturated carbocycles. The highest BCUT2D eigenvalue weighted by Crippen LogP contribution is 2.33. The zero-order chi connectivity index (χ0) is 23.9. The minimum Gasteiger partial charge on any atom is -0.741 e. The highest BCUT2D eigenvalue weighted by molar-refractivity contribution is 7.97. The van der Waals surface area contributed by atoms with E-state index in [0.717, 1.165) is 10.8 Å². The van der Waals surface area contributed by atoms with E-state index < -0.39 is 15.6 Å². The number of ether oxygens (including phenoxy) is 1. The summed E-state index contributed by atoms with van der Waals surface area (Å²) in [6.07, 6.45) is 0. The van der Waals surface area contributed by atoms with Crippen LogP contribution in [0.3, 0.4) is 0 Å². The van der Waals surface area contributed by atoms with Crippen molar-refractivity contribution < 1.29 is 30.9 Å². The third-order valence-corrected chi connectivity index (χ3v) is 7.56. The van der Waals surface area contributed by atoms with Crippen molar-refractivity contribution >= 4 is 32.3 Å². The number of halogens is 3. The summed E-state index contributed by atoms with van der Waals surface area (Å²) in [4.78, 5) is 3.93. The molecule has 33 heavy (non-hydrogen) atoms. The first-order valence-corrected chi connectivity index (χ1v) is 12.8. The van der Waals surface area contributed by atoms with Crippen LogP contribution >= 0.6 is 11.3 Å². The molecule has 0 fully saturated rings. The Morgan fingerprint density at radius 3 is 1.58 bits per heavy atom. The maximum Gasteiger partial charge on any atom is 0.485 e. The molecule has 1 aromatic heterocycles. The molecule has 0 bridgehead atoms. The third kappa shape index (κ3) is 7.10. The number of benzene rings is 3. The van der Waals surface area contributed by atoms with E-state index in [1.54, 1.807) is 11.3 Å². The molecule has 1 heterocycles. The molecule has 0 radical (unpaired) electrons. The summed E-state index contributed by atoms with van der Waals surface area (Å²) in [5, 5.41) is 2.93. The van der Waals surface area contributed by atoms with E-state index in [-0.39, 0.29) is 10.9 Å².